The van der Waals surface area contributed by atoms with E-state index in [1.807, 2.05) is 0 Å². The molecule has 0 unspecified atom stereocenters. The van der Waals surface area contributed by atoms with Gasteiger partial charge in [-0.25, -0.2) is 4.79 Å². The van der Waals surface area contributed by atoms with Gasteiger partial charge in [-0.2, -0.15) is 0 Å². The Bertz CT molecular complexity index is 265. The quantitative estimate of drug-likeness (QED) is 0.665. The van der Waals surface area contributed by atoms with E-state index >= 15 is 0 Å². The summed E-state index contributed by atoms with van der Waals surface area (Å²) in [6.07, 6.45) is 5.44. The van der Waals surface area contributed by atoms with Gasteiger partial charge in [0.1, 0.15) is 0 Å². The average molecular weight is 197 g/mol. The molecular weight excluding hydrogens is 182 g/mol. The molecule has 14 heavy (non-hydrogen) atoms. The molecule has 4 heteroatoms. The molecule has 1 rings (SSSR count). The van der Waals surface area contributed by atoms with Crippen molar-refractivity contribution in [1.82, 2.24) is 5.32 Å². The third kappa shape index (κ3) is 3.20. The van der Waals surface area contributed by atoms with Crippen molar-refractivity contribution in [2.24, 2.45) is 0 Å². The number of carbonyl (C=O) groups excluding carboxylic acids is 1. The zero-order valence-electron chi connectivity index (χ0n) is 8.25. The zero-order valence-corrected chi connectivity index (χ0v) is 8.25. The van der Waals surface area contributed by atoms with Crippen molar-refractivity contribution in [3.05, 3.63) is 11.6 Å². The molecule has 0 atom stereocenters. The molecule has 0 aromatic heterocycles. The summed E-state index contributed by atoms with van der Waals surface area (Å²) in [4.78, 5) is 21.7. The van der Waals surface area contributed by atoms with Crippen LogP contribution in [0, 0.1) is 0 Å². The highest BCUT2D eigenvalue weighted by Gasteiger charge is 2.16. The Balaban J connectivity index is 2.41. The highest BCUT2D eigenvalue weighted by molar-refractivity contribution is 5.97. The predicted molar refractivity (Wildman–Crippen MR) is 51.8 cm³/mol. The van der Waals surface area contributed by atoms with Gasteiger partial charge in [-0.3, -0.25) is 4.79 Å². The molecule has 0 aromatic rings. The molecule has 4 nitrogen and oxygen atoms in total. The molecule has 2 N–H and O–H groups in total. The SMILES string of the molecule is C/C(=C\C(=O)NC1CCCC1)C(=O)O. The van der Waals surface area contributed by atoms with Crippen molar-refractivity contribution >= 4 is 11.9 Å². The lowest BCUT2D eigenvalue weighted by atomic mass is 10.2. The van der Waals surface area contributed by atoms with Crippen LogP contribution in [0.15, 0.2) is 11.6 Å². The van der Waals surface area contributed by atoms with Crippen LogP contribution < -0.4 is 5.32 Å². The average Bonchev–Trinajstić information content (AvgIpc) is 2.56. The maximum absolute atomic E-state index is 11.3. The van der Waals surface area contributed by atoms with Gasteiger partial charge < -0.3 is 10.4 Å². The van der Waals surface area contributed by atoms with Gasteiger partial charge in [0.05, 0.1) is 0 Å². The van der Waals surface area contributed by atoms with E-state index in [0.717, 1.165) is 31.8 Å². The number of nitrogens with one attached hydrogen (secondary N) is 1. The topological polar surface area (TPSA) is 66.4 Å². The standard InChI is InChI=1S/C10H15NO3/c1-7(10(13)14)6-9(12)11-8-4-2-3-5-8/h6,8H,2-5H2,1H3,(H,11,12)(H,13,14)/b7-6+. The minimum Gasteiger partial charge on any atom is -0.478 e. The molecule has 0 saturated heterocycles. The van der Waals surface area contributed by atoms with E-state index in [0.29, 0.717) is 0 Å². The molecule has 1 fully saturated rings. The Morgan fingerprint density at radius 2 is 1.93 bits per heavy atom. The summed E-state index contributed by atoms with van der Waals surface area (Å²) in [5.41, 5.74) is 0.0699. The number of amides is 1. The number of rotatable bonds is 3. The first kappa shape index (κ1) is 10.8. The highest BCUT2D eigenvalue weighted by atomic mass is 16.4. The number of hydrogen-bond donors (Lipinski definition) is 2. The number of aliphatic carboxylic acids is 1. The Morgan fingerprint density at radius 3 is 2.43 bits per heavy atom. The van der Waals surface area contributed by atoms with Crippen LogP contribution in [0.5, 0.6) is 0 Å². The molecule has 0 spiro atoms. The molecular formula is C10H15NO3. The van der Waals surface area contributed by atoms with Gasteiger partial charge in [-0.05, 0) is 19.8 Å². The van der Waals surface area contributed by atoms with Crippen LogP contribution in [0.2, 0.25) is 0 Å². The van der Waals surface area contributed by atoms with Crippen molar-refractivity contribution < 1.29 is 14.7 Å². The molecule has 1 aliphatic carbocycles. The Labute approximate surface area is 83.0 Å². The summed E-state index contributed by atoms with van der Waals surface area (Å²) in [5.74, 6) is -1.34. The minimum absolute atomic E-state index is 0.0699. The molecule has 0 heterocycles. The normalized spacial score (nSPS) is 18.2. The van der Waals surface area contributed by atoms with Gasteiger partial charge >= 0.3 is 5.97 Å². The molecule has 0 aromatic carbocycles. The van der Waals surface area contributed by atoms with Crippen LogP contribution in [-0.2, 0) is 9.59 Å². The van der Waals surface area contributed by atoms with Gasteiger partial charge in [-0.1, -0.05) is 12.8 Å². The van der Waals surface area contributed by atoms with Gasteiger partial charge in [0.15, 0.2) is 0 Å². The fraction of sp³-hybridized carbons (Fsp3) is 0.600. The highest BCUT2D eigenvalue weighted by Crippen LogP contribution is 2.17. The first-order valence-corrected chi connectivity index (χ1v) is 4.81. The summed E-state index contributed by atoms with van der Waals surface area (Å²) in [7, 11) is 0. The van der Waals surface area contributed by atoms with Crippen molar-refractivity contribution in [1.29, 1.82) is 0 Å². The molecule has 1 amide bonds. The van der Waals surface area contributed by atoms with E-state index in [4.69, 9.17) is 5.11 Å². The van der Waals surface area contributed by atoms with Crippen LogP contribution in [0.4, 0.5) is 0 Å². The van der Waals surface area contributed by atoms with Crippen molar-refractivity contribution in [3.63, 3.8) is 0 Å². The summed E-state index contributed by atoms with van der Waals surface area (Å²) >= 11 is 0. The largest absolute Gasteiger partial charge is 0.478 e. The van der Waals surface area contributed by atoms with E-state index in [-0.39, 0.29) is 17.5 Å². The third-order valence-electron chi connectivity index (χ3n) is 2.39. The Morgan fingerprint density at radius 1 is 1.36 bits per heavy atom. The summed E-state index contributed by atoms with van der Waals surface area (Å²) in [5, 5.41) is 11.3. The lowest BCUT2D eigenvalue weighted by molar-refractivity contribution is -0.133. The summed E-state index contributed by atoms with van der Waals surface area (Å²) < 4.78 is 0. The molecule has 0 aliphatic heterocycles. The molecule has 1 aliphatic rings. The fourth-order valence-corrected chi connectivity index (χ4v) is 1.57. The van der Waals surface area contributed by atoms with Gasteiger partial charge in [-0.15, -0.1) is 0 Å². The second-order valence-corrected chi connectivity index (χ2v) is 3.62. The summed E-state index contributed by atoms with van der Waals surface area (Å²) in [6.45, 7) is 1.41. The molecule has 0 radical (unpaired) electrons. The number of carbonyl (C=O) groups is 2. The predicted octanol–water partition coefficient (Wildman–Crippen LogP) is 1.08. The first-order valence-electron chi connectivity index (χ1n) is 4.81. The van der Waals surface area contributed by atoms with E-state index < -0.39 is 5.97 Å². The van der Waals surface area contributed by atoms with Crippen molar-refractivity contribution in [2.45, 2.75) is 38.6 Å². The maximum atomic E-state index is 11.3. The smallest absolute Gasteiger partial charge is 0.331 e. The fourth-order valence-electron chi connectivity index (χ4n) is 1.57. The molecule has 1 saturated carbocycles. The van der Waals surface area contributed by atoms with Crippen LogP contribution in [0.1, 0.15) is 32.6 Å². The number of carboxylic acid groups (broad SMARTS) is 1. The van der Waals surface area contributed by atoms with Gasteiger partial charge in [0, 0.05) is 17.7 Å². The van der Waals surface area contributed by atoms with E-state index in [1.54, 1.807) is 0 Å². The lowest BCUT2D eigenvalue weighted by Gasteiger charge is -2.09. The van der Waals surface area contributed by atoms with Crippen molar-refractivity contribution in [3.8, 4) is 0 Å². The second-order valence-electron chi connectivity index (χ2n) is 3.62. The monoisotopic (exact) mass is 197 g/mol. The van der Waals surface area contributed by atoms with Crippen LogP contribution in [-0.4, -0.2) is 23.0 Å². The van der Waals surface area contributed by atoms with E-state index in [9.17, 15) is 9.59 Å². The second kappa shape index (κ2) is 4.79. The lowest BCUT2D eigenvalue weighted by Crippen LogP contribution is -2.31. The molecule has 78 valence electrons. The Hall–Kier alpha value is -1.32. The maximum Gasteiger partial charge on any atom is 0.331 e. The minimum atomic E-state index is -1.05. The number of hydrogen-bond acceptors (Lipinski definition) is 2. The van der Waals surface area contributed by atoms with Crippen LogP contribution in [0.25, 0.3) is 0 Å². The first-order chi connectivity index (χ1) is 6.59. The number of carboxylic acids is 1. The Kier molecular flexibility index (Phi) is 3.68. The summed E-state index contributed by atoms with van der Waals surface area (Å²) in [6, 6.07) is 0.236. The van der Waals surface area contributed by atoms with E-state index in [2.05, 4.69) is 5.32 Å². The van der Waals surface area contributed by atoms with Crippen LogP contribution >= 0.6 is 0 Å². The van der Waals surface area contributed by atoms with Crippen molar-refractivity contribution in [2.75, 3.05) is 0 Å². The third-order valence-corrected chi connectivity index (χ3v) is 2.39. The van der Waals surface area contributed by atoms with E-state index in [1.165, 1.54) is 6.92 Å². The zero-order chi connectivity index (χ0) is 10.6. The van der Waals surface area contributed by atoms with Gasteiger partial charge in [0.2, 0.25) is 5.91 Å². The van der Waals surface area contributed by atoms with Gasteiger partial charge in [0.25, 0.3) is 0 Å². The molecule has 0 bridgehead atoms. The van der Waals surface area contributed by atoms with Crippen LogP contribution in [0.3, 0.4) is 0 Å².